The van der Waals surface area contributed by atoms with Crippen LogP contribution in [-0.2, 0) is 10.0 Å². The maximum absolute atomic E-state index is 13.5. The molecular formula is C13H12FN3O4S. The fourth-order valence-corrected chi connectivity index (χ4v) is 2.24. The number of halogens is 1. The number of aromatic nitrogens is 1. The van der Waals surface area contributed by atoms with Gasteiger partial charge in [-0.15, -0.1) is 0 Å². The van der Waals surface area contributed by atoms with Crippen LogP contribution in [0.5, 0.6) is 0 Å². The average Bonchev–Trinajstić information content (AvgIpc) is 2.41. The quantitative estimate of drug-likeness (QED) is 0.783. The number of hydrogen-bond donors (Lipinski definition) is 3. The number of nitrogens with one attached hydrogen (secondary N) is 3. The monoisotopic (exact) mass is 325 g/mol. The number of carbonyl (C=O) groups is 1. The lowest BCUT2D eigenvalue weighted by atomic mass is 10.2. The van der Waals surface area contributed by atoms with E-state index in [0.29, 0.717) is 0 Å². The molecule has 0 aliphatic heterocycles. The van der Waals surface area contributed by atoms with Gasteiger partial charge in [0.1, 0.15) is 11.4 Å². The minimum Gasteiger partial charge on any atom is -0.328 e. The van der Waals surface area contributed by atoms with Crippen molar-refractivity contribution in [3.63, 3.8) is 0 Å². The normalized spacial score (nSPS) is 11.0. The van der Waals surface area contributed by atoms with Crippen LogP contribution in [0.15, 0.2) is 41.3 Å². The van der Waals surface area contributed by atoms with Crippen molar-refractivity contribution in [1.29, 1.82) is 0 Å². The number of pyridine rings is 1. The molecule has 3 N–H and O–H groups in total. The highest BCUT2D eigenvalue weighted by molar-refractivity contribution is 7.92. The molecular weight excluding hydrogens is 313 g/mol. The Morgan fingerprint density at radius 1 is 1.27 bits per heavy atom. The van der Waals surface area contributed by atoms with Gasteiger partial charge in [-0.1, -0.05) is 0 Å². The number of anilines is 2. The molecule has 0 unspecified atom stereocenters. The number of aromatic amines is 1. The fraction of sp³-hybridized carbons (Fsp3) is 0.0769. The molecule has 0 aliphatic rings. The molecule has 22 heavy (non-hydrogen) atoms. The van der Waals surface area contributed by atoms with E-state index < -0.39 is 27.3 Å². The van der Waals surface area contributed by atoms with Crippen LogP contribution in [0.4, 0.5) is 15.8 Å². The number of hydrogen-bond acceptors (Lipinski definition) is 4. The van der Waals surface area contributed by atoms with Gasteiger partial charge in [0.25, 0.3) is 11.5 Å². The molecule has 116 valence electrons. The summed E-state index contributed by atoms with van der Waals surface area (Å²) in [5, 5.41) is 2.39. The summed E-state index contributed by atoms with van der Waals surface area (Å²) in [5.74, 6) is -1.49. The summed E-state index contributed by atoms with van der Waals surface area (Å²) < 4.78 is 37.8. The van der Waals surface area contributed by atoms with Crippen molar-refractivity contribution in [3.05, 3.63) is 58.3 Å². The third kappa shape index (κ3) is 3.92. The van der Waals surface area contributed by atoms with Gasteiger partial charge in [-0.05, 0) is 30.3 Å². The number of carbonyl (C=O) groups excluding carboxylic acids is 1. The molecule has 0 aliphatic carbocycles. The van der Waals surface area contributed by atoms with Gasteiger partial charge in [0.05, 0.1) is 11.9 Å². The van der Waals surface area contributed by atoms with E-state index in [2.05, 4.69) is 10.3 Å². The molecule has 0 bridgehead atoms. The van der Waals surface area contributed by atoms with Gasteiger partial charge >= 0.3 is 0 Å². The van der Waals surface area contributed by atoms with Crippen LogP contribution in [0.25, 0.3) is 0 Å². The van der Waals surface area contributed by atoms with Crippen LogP contribution in [0.1, 0.15) is 10.4 Å². The maximum Gasteiger partial charge on any atom is 0.261 e. The molecule has 1 aromatic carbocycles. The molecule has 0 atom stereocenters. The SMILES string of the molecule is CS(=O)(=O)Nc1cc(NC(=O)c2ccc[nH]c2=O)ccc1F. The van der Waals surface area contributed by atoms with Crippen molar-refractivity contribution in [2.24, 2.45) is 0 Å². The highest BCUT2D eigenvalue weighted by Crippen LogP contribution is 2.20. The summed E-state index contributed by atoms with van der Waals surface area (Å²) in [6.07, 6.45) is 2.26. The number of rotatable bonds is 4. The van der Waals surface area contributed by atoms with Gasteiger partial charge in [0.15, 0.2) is 0 Å². The van der Waals surface area contributed by atoms with Crippen LogP contribution in [0.2, 0.25) is 0 Å². The van der Waals surface area contributed by atoms with Gasteiger partial charge in [-0.3, -0.25) is 14.3 Å². The van der Waals surface area contributed by atoms with Crippen molar-refractivity contribution in [2.75, 3.05) is 16.3 Å². The number of benzene rings is 1. The van der Waals surface area contributed by atoms with E-state index in [1.54, 1.807) is 0 Å². The molecule has 1 heterocycles. The number of amides is 1. The zero-order chi connectivity index (χ0) is 16.3. The highest BCUT2D eigenvalue weighted by Gasteiger charge is 2.12. The lowest BCUT2D eigenvalue weighted by Gasteiger charge is -2.09. The highest BCUT2D eigenvalue weighted by atomic mass is 32.2. The van der Waals surface area contributed by atoms with E-state index in [4.69, 9.17) is 0 Å². The Labute approximate surface area is 125 Å². The summed E-state index contributed by atoms with van der Waals surface area (Å²) >= 11 is 0. The van der Waals surface area contributed by atoms with Crippen molar-refractivity contribution >= 4 is 27.3 Å². The standard InChI is InChI=1S/C13H12FN3O4S/c1-22(20,21)17-11-7-8(4-5-10(11)14)16-13(19)9-3-2-6-15-12(9)18/h2-7,17H,1H3,(H,15,18)(H,16,19). The Hall–Kier alpha value is -2.68. The van der Waals surface area contributed by atoms with Crippen molar-refractivity contribution in [2.45, 2.75) is 0 Å². The van der Waals surface area contributed by atoms with Gasteiger partial charge in [0.2, 0.25) is 10.0 Å². The third-order valence-electron chi connectivity index (χ3n) is 2.58. The molecule has 0 saturated carbocycles. The Balaban J connectivity index is 2.27. The topological polar surface area (TPSA) is 108 Å². The minimum atomic E-state index is -3.66. The Bertz CT molecular complexity index is 877. The zero-order valence-electron chi connectivity index (χ0n) is 11.4. The lowest BCUT2D eigenvalue weighted by molar-refractivity contribution is 0.102. The van der Waals surface area contributed by atoms with Crippen LogP contribution < -0.4 is 15.6 Å². The second-order valence-corrected chi connectivity index (χ2v) is 6.18. The molecule has 7 nitrogen and oxygen atoms in total. The van der Waals surface area contributed by atoms with E-state index in [9.17, 15) is 22.4 Å². The van der Waals surface area contributed by atoms with Gasteiger partial charge in [-0.2, -0.15) is 0 Å². The van der Waals surface area contributed by atoms with Gasteiger partial charge in [-0.25, -0.2) is 12.8 Å². The summed E-state index contributed by atoms with van der Waals surface area (Å²) in [6.45, 7) is 0. The van der Waals surface area contributed by atoms with Gasteiger partial charge in [0, 0.05) is 11.9 Å². The van der Waals surface area contributed by atoms with Crippen molar-refractivity contribution < 1.29 is 17.6 Å². The van der Waals surface area contributed by atoms with Crippen molar-refractivity contribution in [1.82, 2.24) is 4.98 Å². The minimum absolute atomic E-state index is 0.121. The molecule has 0 spiro atoms. The van der Waals surface area contributed by atoms with Crippen LogP contribution in [0, 0.1) is 5.82 Å². The second kappa shape index (κ2) is 5.98. The fourth-order valence-electron chi connectivity index (χ4n) is 1.68. The molecule has 0 radical (unpaired) electrons. The summed E-state index contributed by atoms with van der Waals surface area (Å²) in [5.41, 5.74) is -0.857. The van der Waals surface area contributed by atoms with Crippen LogP contribution in [0.3, 0.4) is 0 Å². The van der Waals surface area contributed by atoms with Crippen LogP contribution in [-0.4, -0.2) is 25.6 Å². The molecule has 2 rings (SSSR count). The molecule has 2 aromatic rings. The van der Waals surface area contributed by atoms with Crippen molar-refractivity contribution in [3.8, 4) is 0 Å². The first kappa shape index (κ1) is 15.7. The molecule has 1 aromatic heterocycles. The van der Waals surface area contributed by atoms with Crippen LogP contribution >= 0.6 is 0 Å². The third-order valence-corrected chi connectivity index (χ3v) is 3.17. The molecule has 0 saturated heterocycles. The average molecular weight is 325 g/mol. The van der Waals surface area contributed by atoms with E-state index in [1.807, 2.05) is 4.72 Å². The zero-order valence-corrected chi connectivity index (χ0v) is 12.2. The maximum atomic E-state index is 13.5. The smallest absolute Gasteiger partial charge is 0.261 e. The summed E-state index contributed by atoms with van der Waals surface area (Å²) in [6, 6.07) is 6.17. The molecule has 0 fully saturated rings. The first-order valence-corrected chi connectivity index (χ1v) is 7.92. The summed E-state index contributed by atoms with van der Waals surface area (Å²) in [7, 11) is -3.66. The largest absolute Gasteiger partial charge is 0.328 e. The Morgan fingerprint density at radius 2 is 2.00 bits per heavy atom. The lowest BCUT2D eigenvalue weighted by Crippen LogP contribution is -2.22. The Kier molecular flexibility index (Phi) is 4.27. The van der Waals surface area contributed by atoms with E-state index in [-0.39, 0.29) is 16.9 Å². The second-order valence-electron chi connectivity index (χ2n) is 4.44. The first-order valence-electron chi connectivity index (χ1n) is 6.02. The number of sulfonamides is 1. The number of H-pyrrole nitrogens is 1. The Morgan fingerprint density at radius 3 is 2.64 bits per heavy atom. The van der Waals surface area contributed by atoms with Gasteiger partial charge < -0.3 is 10.3 Å². The van der Waals surface area contributed by atoms with E-state index >= 15 is 0 Å². The predicted molar refractivity (Wildman–Crippen MR) is 79.9 cm³/mol. The van der Waals surface area contributed by atoms with E-state index in [1.165, 1.54) is 24.4 Å². The summed E-state index contributed by atoms with van der Waals surface area (Å²) in [4.78, 5) is 25.8. The molecule has 1 amide bonds. The van der Waals surface area contributed by atoms with E-state index in [0.717, 1.165) is 18.4 Å². The first-order chi connectivity index (χ1) is 10.3. The molecule has 9 heteroatoms. The predicted octanol–water partition coefficient (Wildman–Crippen LogP) is 1.14.